The molecule has 142 valence electrons. The Morgan fingerprint density at radius 1 is 1.04 bits per heavy atom. The smallest absolute Gasteiger partial charge is 0.408 e. The van der Waals surface area contributed by atoms with Crippen LogP contribution < -0.4 is 16.4 Å². The third-order valence-corrected chi connectivity index (χ3v) is 4.89. The summed E-state index contributed by atoms with van der Waals surface area (Å²) in [4.78, 5) is 22.6. The normalized spacial score (nSPS) is 11.0. The first-order valence-electron chi connectivity index (χ1n) is 8.66. The summed E-state index contributed by atoms with van der Waals surface area (Å²) in [7, 11) is 0. The van der Waals surface area contributed by atoms with Crippen LogP contribution in [0.2, 0.25) is 5.02 Å². The van der Waals surface area contributed by atoms with E-state index in [4.69, 9.17) is 16.0 Å². The molecule has 0 atom stereocenters. The number of benzene rings is 2. The van der Waals surface area contributed by atoms with Crippen LogP contribution in [0.3, 0.4) is 0 Å². The molecule has 2 heterocycles. The molecule has 0 saturated carbocycles. The Morgan fingerprint density at radius 2 is 1.79 bits per heavy atom. The molecule has 0 amide bonds. The molecule has 28 heavy (non-hydrogen) atoms. The molecule has 0 aliphatic rings. The molecule has 0 radical (unpaired) electrons. The average Bonchev–Trinajstić information content (AvgIpc) is 3.02. The van der Waals surface area contributed by atoms with Gasteiger partial charge < -0.3 is 15.1 Å². The van der Waals surface area contributed by atoms with Gasteiger partial charge in [-0.05, 0) is 67.8 Å². The predicted molar refractivity (Wildman–Crippen MR) is 111 cm³/mol. The molecule has 0 fully saturated rings. The Labute approximate surface area is 165 Å². The molecule has 0 aliphatic heterocycles. The van der Waals surface area contributed by atoms with Crippen LogP contribution in [-0.2, 0) is 0 Å². The number of aromatic nitrogens is 3. The van der Waals surface area contributed by atoms with Crippen LogP contribution in [0.1, 0.15) is 16.7 Å². The molecule has 0 bridgehead atoms. The molecule has 8 heteroatoms. The molecule has 2 aromatic heterocycles. The first-order valence-corrected chi connectivity index (χ1v) is 9.04. The zero-order valence-electron chi connectivity index (χ0n) is 15.6. The van der Waals surface area contributed by atoms with Gasteiger partial charge in [-0.25, -0.2) is 9.78 Å². The van der Waals surface area contributed by atoms with E-state index in [1.165, 1.54) is 22.9 Å². The Balaban J connectivity index is 1.62. The number of H-pyrrole nitrogens is 1. The van der Waals surface area contributed by atoms with Crippen LogP contribution >= 0.6 is 11.6 Å². The molecule has 0 saturated heterocycles. The molecule has 0 spiro atoms. The number of aromatic amines is 1. The highest BCUT2D eigenvalue weighted by Gasteiger charge is 2.09. The fourth-order valence-electron chi connectivity index (χ4n) is 2.92. The molecule has 0 aliphatic carbocycles. The number of hydrogen-bond acceptors (Lipinski definition) is 6. The molecular weight excluding hydrogens is 378 g/mol. The van der Waals surface area contributed by atoms with Gasteiger partial charge in [0.05, 0.1) is 11.7 Å². The second-order valence-corrected chi connectivity index (χ2v) is 7.01. The van der Waals surface area contributed by atoms with Crippen LogP contribution in [0.15, 0.2) is 45.7 Å². The van der Waals surface area contributed by atoms with Crippen molar-refractivity contribution in [3.05, 3.63) is 68.8 Å². The summed E-state index contributed by atoms with van der Waals surface area (Å²) in [5, 5.41) is 6.74. The van der Waals surface area contributed by atoms with Gasteiger partial charge in [-0.2, -0.15) is 4.98 Å². The van der Waals surface area contributed by atoms with E-state index in [2.05, 4.69) is 58.5 Å². The second-order valence-electron chi connectivity index (χ2n) is 6.60. The van der Waals surface area contributed by atoms with E-state index in [0.717, 1.165) is 5.69 Å². The lowest BCUT2D eigenvalue weighted by molar-refractivity contribution is 0.555. The van der Waals surface area contributed by atoms with Crippen molar-refractivity contribution in [2.75, 3.05) is 10.6 Å². The highest BCUT2D eigenvalue weighted by molar-refractivity contribution is 6.32. The summed E-state index contributed by atoms with van der Waals surface area (Å²) in [6, 6.07) is 9.32. The van der Waals surface area contributed by atoms with Crippen molar-refractivity contribution in [1.29, 1.82) is 0 Å². The predicted octanol–water partition coefficient (Wildman–Crippen LogP) is 4.98. The molecular formula is C20H18ClN5O2. The number of oxazole rings is 1. The maximum Gasteiger partial charge on any atom is 0.417 e. The molecule has 2 aromatic carbocycles. The Bertz CT molecular complexity index is 1220. The first kappa shape index (κ1) is 18.1. The fourth-order valence-corrected chi connectivity index (χ4v) is 3.06. The molecule has 4 rings (SSSR count). The van der Waals surface area contributed by atoms with Gasteiger partial charge in [-0.3, -0.25) is 4.98 Å². The Kier molecular flexibility index (Phi) is 4.52. The molecule has 4 aromatic rings. The van der Waals surface area contributed by atoms with Gasteiger partial charge >= 0.3 is 5.76 Å². The number of aryl methyl sites for hydroxylation is 2. The van der Waals surface area contributed by atoms with Crippen LogP contribution in [0.25, 0.3) is 11.1 Å². The monoisotopic (exact) mass is 395 g/mol. The van der Waals surface area contributed by atoms with Gasteiger partial charge in [0.1, 0.15) is 5.02 Å². The van der Waals surface area contributed by atoms with E-state index in [9.17, 15) is 4.79 Å². The van der Waals surface area contributed by atoms with Gasteiger partial charge in [-0.1, -0.05) is 11.6 Å². The number of anilines is 4. The summed E-state index contributed by atoms with van der Waals surface area (Å²) >= 11 is 6.25. The van der Waals surface area contributed by atoms with Crippen LogP contribution in [-0.4, -0.2) is 15.0 Å². The van der Waals surface area contributed by atoms with Crippen LogP contribution in [0, 0.1) is 20.8 Å². The minimum Gasteiger partial charge on any atom is -0.408 e. The van der Waals surface area contributed by atoms with Crippen molar-refractivity contribution < 1.29 is 4.42 Å². The van der Waals surface area contributed by atoms with Crippen molar-refractivity contribution in [2.24, 2.45) is 0 Å². The molecule has 7 nitrogen and oxygen atoms in total. The van der Waals surface area contributed by atoms with Crippen molar-refractivity contribution >= 4 is 45.8 Å². The molecule has 0 unspecified atom stereocenters. The van der Waals surface area contributed by atoms with E-state index in [-0.39, 0.29) is 0 Å². The maximum atomic E-state index is 11.3. The van der Waals surface area contributed by atoms with Crippen molar-refractivity contribution in [2.45, 2.75) is 20.8 Å². The van der Waals surface area contributed by atoms with Gasteiger partial charge in [0.15, 0.2) is 11.4 Å². The van der Waals surface area contributed by atoms with Gasteiger partial charge in [0.25, 0.3) is 0 Å². The van der Waals surface area contributed by atoms with E-state index in [0.29, 0.717) is 33.6 Å². The fraction of sp³-hybridized carbons (Fsp3) is 0.150. The maximum absolute atomic E-state index is 11.3. The van der Waals surface area contributed by atoms with E-state index < -0.39 is 5.76 Å². The van der Waals surface area contributed by atoms with Crippen LogP contribution in [0.4, 0.5) is 23.1 Å². The summed E-state index contributed by atoms with van der Waals surface area (Å²) in [5.41, 5.74) is 6.33. The van der Waals surface area contributed by atoms with E-state index in [1.54, 1.807) is 18.2 Å². The minimum absolute atomic E-state index is 0.377. The standard InChI is InChI=1S/C20H18ClN5O2/c1-10-6-14(7-11(2)12(10)3)24-19-22-9-15(21)18(26-19)23-13-4-5-17-16(8-13)25-20(27)28-17/h4-9H,1-3H3,(H,25,27)(H2,22,23,24,26). The average molecular weight is 396 g/mol. The lowest BCUT2D eigenvalue weighted by Gasteiger charge is -2.12. The second kappa shape index (κ2) is 7.01. The number of rotatable bonds is 4. The van der Waals surface area contributed by atoms with E-state index >= 15 is 0 Å². The van der Waals surface area contributed by atoms with Crippen LogP contribution in [0.5, 0.6) is 0 Å². The largest absolute Gasteiger partial charge is 0.417 e. The summed E-state index contributed by atoms with van der Waals surface area (Å²) in [5.74, 6) is 0.375. The van der Waals surface area contributed by atoms with E-state index in [1.807, 2.05) is 0 Å². The third-order valence-electron chi connectivity index (χ3n) is 4.61. The highest BCUT2D eigenvalue weighted by Crippen LogP contribution is 2.27. The Morgan fingerprint density at radius 3 is 2.54 bits per heavy atom. The third kappa shape index (κ3) is 3.57. The van der Waals surface area contributed by atoms with Crippen molar-refractivity contribution in [1.82, 2.24) is 15.0 Å². The van der Waals surface area contributed by atoms with Gasteiger partial charge in [0.2, 0.25) is 5.95 Å². The number of fused-ring (bicyclic) bond motifs is 1. The SMILES string of the molecule is Cc1cc(Nc2ncc(Cl)c(Nc3ccc4oc(=O)[nH]c4c3)n2)cc(C)c1C. The lowest BCUT2D eigenvalue weighted by Crippen LogP contribution is -2.02. The summed E-state index contributed by atoms with van der Waals surface area (Å²) in [6.45, 7) is 6.23. The lowest BCUT2D eigenvalue weighted by atomic mass is 10.0. The van der Waals surface area contributed by atoms with Gasteiger partial charge in [-0.15, -0.1) is 0 Å². The summed E-state index contributed by atoms with van der Waals surface area (Å²) in [6.07, 6.45) is 1.53. The quantitative estimate of drug-likeness (QED) is 0.451. The number of hydrogen-bond donors (Lipinski definition) is 3. The number of nitrogens with zero attached hydrogens (tertiary/aromatic N) is 2. The first-order chi connectivity index (χ1) is 13.4. The zero-order chi connectivity index (χ0) is 19.8. The van der Waals surface area contributed by atoms with Gasteiger partial charge in [0, 0.05) is 11.4 Å². The molecule has 3 N–H and O–H groups in total. The topological polar surface area (TPSA) is 95.8 Å². The zero-order valence-corrected chi connectivity index (χ0v) is 16.3. The van der Waals surface area contributed by atoms with Crippen molar-refractivity contribution in [3.8, 4) is 0 Å². The minimum atomic E-state index is -0.498. The Hall–Kier alpha value is -3.32. The number of halogens is 1. The highest BCUT2D eigenvalue weighted by atomic mass is 35.5. The van der Waals surface area contributed by atoms with Crippen molar-refractivity contribution in [3.63, 3.8) is 0 Å². The summed E-state index contributed by atoms with van der Waals surface area (Å²) < 4.78 is 5.01. The number of nitrogens with one attached hydrogen (secondary N) is 3.